The number of rotatable bonds is 1. The van der Waals surface area contributed by atoms with E-state index < -0.39 is 0 Å². The average Bonchev–Trinajstić information content (AvgIpc) is 2.40. The van der Waals surface area contributed by atoms with Crippen molar-refractivity contribution >= 4 is 0 Å². The molecule has 0 nitrogen and oxygen atoms in total. The highest BCUT2D eigenvalue weighted by molar-refractivity contribution is 4.74. The molecule has 0 aromatic carbocycles. The molecule has 68 valence electrons. The van der Waals surface area contributed by atoms with Crippen LogP contribution in [0.5, 0.6) is 0 Å². The monoisotopic (exact) mass is 156 g/mol. The van der Waals surface area contributed by atoms with Crippen LogP contribution in [0.15, 0.2) is 0 Å². The summed E-state index contributed by atoms with van der Waals surface area (Å²) in [6.07, 6.45) is 4.44. The maximum atomic E-state index is 2.38. The van der Waals surface area contributed by atoms with E-state index in [1.807, 2.05) is 13.8 Å². The second-order valence-corrected chi connectivity index (χ2v) is 3.92. The van der Waals surface area contributed by atoms with Crippen molar-refractivity contribution in [1.29, 1.82) is 0 Å². The van der Waals surface area contributed by atoms with Crippen molar-refractivity contribution in [3.8, 4) is 0 Å². The Kier molecular flexibility index (Phi) is 5.62. The molecule has 1 saturated carbocycles. The van der Waals surface area contributed by atoms with Gasteiger partial charge in [0.25, 0.3) is 0 Å². The smallest absolute Gasteiger partial charge is 0.0388 e. The van der Waals surface area contributed by atoms with Crippen LogP contribution >= 0.6 is 0 Å². The molecule has 1 rings (SSSR count). The van der Waals surface area contributed by atoms with Gasteiger partial charge in [-0.2, -0.15) is 0 Å². The molecule has 1 aliphatic carbocycles. The summed E-state index contributed by atoms with van der Waals surface area (Å²) in [5.74, 6) is 2.98. The molecular formula is C11H24. The van der Waals surface area contributed by atoms with Crippen LogP contribution in [0, 0.1) is 17.8 Å². The van der Waals surface area contributed by atoms with Crippen LogP contribution < -0.4 is 0 Å². The van der Waals surface area contributed by atoms with E-state index in [-0.39, 0.29) is 0 Å². The Bertz CT molecular complexity index is 84.0. The third-order valence-corrected chi connectivity index (χ3v) is 2.68. The Hall–Kier alpha value is 0. The van der Waals surface area contributed by atoms with Gasteiger partial charge in [-0.05, 0) is 30.6 Å². The first-order chi connectivity index (χ1) is 5.20. The van der Waals surface area contributed by atoms with E-state index in [0.717, 1.165) is 17.8 Å². The molecule has 1 aliphatic rings. The Morgan fingerprint density at radius 2 is 1.64 bits per heavy atom. The maximum absolute atomic E-state index is 2.38. The molecule has 0 amide bonds. The fraction of sp³-hybridized carbons (Fsp3) is 1.00. The van der Waals surface area contributed by atoms with Gasteiger partial charge in [0.05, 0.1) is 0 Å². The van der Waals surface area contributed by atoms with Gasteiger partial charge in [0.2, 0.25) is 0 Å². The summed E-state index contributed by atoms with van der Waals surface area (Å²) in [5.41, 5.74) is 0. The third-order valence-electron chi connectivity index (χ3n) is 2.68. The standard InChI is InChI=1S/C9H18.C2H6/c1-7(2)9-5-4-8(3)6-9;1-2/h7-9H,4-6H2,1-3H3;1-2H3. The topological polar surface area (TPSA) is 0 Å². The number of hydrogen-bond acceptors (Lipinski definition) is 0. The molecular weight excluding hydrogens is 132 g/mol. The maximum Gasteiger partial charge on any atom is -0.0388 e. The van der Waals surface area contributed by atoms with Gasteiger partial charge in [-0.25, -0.2) is 0 Å². The van der Waals surface area contributed by atoms with Crippen LogP contribution in [-0.2, 0) is 0 Å². The molecule has 0 heterocycles. The Balaban J connectivity index is 0.000000461. The zero-order valence-corrected chi connectivity index (χ0v) is 8.85. The van der Waals surface area contributed by atoms with E-state index in [4.69, 9.17) is 0 Å². The highest BCUT2D eigenvalue weighted by Crippen LogP contribution is 2.34. The van der Waals surface area contributed by atoms with Crippen LogP contribution in [0.2, 0.25) is 0 Å². The first-order valence-electron chi connectivity index (χ1n) is 5.20. The molecule has 0 radical (unpaired) electrons. The lowest BCUT2D eigenvalue weighted by Gasteiger charge is -2.12. The van der Waals surface area contributed by atoms with Crippen LogP contribution in [0.3, 0.4) is 0 Å². The molecule has 0 saturated heterocycles. The number of hydrogen-bond donors (Lipinski definition) is 0. The van der Waals surface area contributed by atoms with Crippen molar-refractivity contribution in [2.24, 2.45) is 17.8 Å². The van der Waals surface area contributed by atoms with Gasteiger partial charge in [-0.1, -0.05) is 41.0 Å². The van der Waals surface area contributed by atoms with Crippen molar-refractivity contribution in [2.75, 3.05) is 0 Å². The SMILES string of the molecule is CC.CC1CCC(C(C)C)C1. The van der Waals surface area contributed by atoms with Crippen molar-refractivity contribution in [1.82, 2.24) is 0 Å². The van der Waals surface area contributed by atoms with E-state index in [1.54, 1.807) is 0 Å². The molecule has 1 fully saturated rings. The highest BCUT2D eigenvalue weighted by Gasteiger charge is 2.23. The molecule has 0 aliphatic heterocycles. The van der Waals surface area contributed by atoms with Gasteiger partial charge in [0.15, 0.2) is 0 Å². The Labute approximate surface area is 72.4 Å². The lowest BCUT2D eigenvalue weighted by Crippen LogP contribution is -2.02. The first kappa shape index (κ1) is 11.0. The minimum absolute atomic E-state index is 0.926. The summed E-state index contributed by atoms with van der Waals surface area (Å²) < 4.78 is 0. The van der Waals surface area contributed by atoms with Gasteiger partial charge in [-0.15, -0.1) is 0 Å². The van der Waals surface area contributed by atoms with Gasteiger partial charge in [0, 0.05) is 0 Å². The fourth-order valence-corrected chi connectivity index (χ4v) is 1.86. The molecule has 0 spiro atoms. The Morgan fingerprint density at radius 1 is 1.09 bits per heavy atom. The minimum atomic E-state index is 0.926. The highest BCUT2D eigenvalue weighted by atomic mass is 14.3. The van der Waals surface area contributed by atoms with Crippen LogP contribution in [0.4, 0.5) is 0 Å². The van der Waals surface area contributed by atoms with Crippen molar-refractivity contribution < 1.29 is 0 Å². The van der Waals surface area contributed by atoms with E-state index in [9.17, 15) is 0 Å². The fourth-order valence-electron chi connectivity index (χ4n) is 1.86. The van der Waals surface area contributed by atoms with Crippen molar-refractivity contribution in [2.45, 2.75) is 53.9 Å². The average molecular weight is 156 g/mol. The van der Waals surface area contributed by atoms with Crippen LogP contribution in [0.1, 0.15) is 53.9 Å². The summed E-state index contributed by atoms with van der Waals surface area (Å²) in [5, 5.41) is 0. The molecule has 2 atom stereocenters. The van der Waals surface area contributed by atoms with Crippen molar-refractivity contribution in [3.63, 3.8) is 0 Å². The summed E-state index contributed by atoms with van der Waals surface area (Å²) in [6, 6.07) is 0. The lowest BCUT2D eigenvalue weighted by atomic mass is 9.94. The van der Waals surface area contributed by atoms with Gasteiger partial charge >= 0.3 is 0 Å². The zero-order valence-electron chi connectivity index (χ0n) is 8.85. The summed E-state index contributed by atoms with van der Waals surface area (Å²) in [4.78, 5) is 0. The second kappa shape index (κ2) is 5.62. The second-order valence-electron chi connectivity index (χ2n) is 3.92. The van der Waals surface area contributed by atoms with E-state index >= 15 is 0 Å². The molecule has 0 aromatic rings. The quantitative estimate of drug-likeness (QED) is 0.536. The normalized spacial score (nSPS) is 30.0. The van der Waals surface area contributed by atoms with Crippen LogP contribution in [-0.4, -0.2) is 0 Å². The van der Waals surface area contributed by atoms with Crippen LogP contribution in [0.25, 0.3) is 0 Å². The summed E-state index contributed by atoms with van der Waals surface area (Å²) >= 11 is 0. The van der Waals surface area contributed by atoms with Gasteiger partial charge in [0.1, 0.15) is 0 Å². The molecule has 0 N–H and O–H groups in total. The van der Waals surface area contributed by atoms with E-state index in [2.05, 4.69) is 20.8 Å². The van der Waals surface area contributed by atoms with E-state index in [0.29, 0.717) is 0 Å². The minimum Gasteiger partial charge on any atom is -0.0683 e. The molecule has 2 unspecified atom stereocenters. The largest absolute Gasteiger partial charge is 0.0683 e. The summed E-state index contributed by atoms with van der Waals surface area (Å²) in [6.45, 7) is 11.1. The van der Waals surface area contributed by atoms with Gasteiger partial charge < -0.3 is 0 Å². The first-order valence-corrected chi connectivity index (χ1v) is 5.20. The van der Waals surface area contributed by atoms with Crippen molar-refractivity contribution in [3.05, 3.63) is 0 Å². The Morgan fingerprint density at radius 3 is 1.82 bits per heavy atom. The third kappa shape index (κ3) is 3.79. The zero-order chi connectivity index (χ0) is 8.85. The predicted octanol–water partition coefficient (Wildman–Crippen LogP) is 4.10. The summed E-state index contributed by atoms with van der Waals surface area (Å²) in [7, 11) is 0. The molecule has 11 heavy (non-hydrogen) atoms. The molecule has 0 aromatic heterocycles. The lowest BCUT2D eigenvalue weighted by molar-refractivity contribution is 0.384. The van der Waals surface area contributed by atoms with E-state index in [1.165, 1.54) is 19.3 Å². The molecule has 0 bridgehead atoms. The molecule has 0 heteroatoms. The predicted molar refractivity (Wildman–Crippen MR) is 52.7 cm³/mol. The van der Waals surface area contributed by atoms with Gasteiger partial charge in [-0.3, -0.25) is 0 Å².